The molecule has 2 heterocycles. The Morgan fingerprint density at radius 3 is 2.29 bits per heavy atom. The van der Waals surface area contributed by atoms with E-state index in [1.807, 2.05) is 24.3 Å². The zero-order valence-corrected chi connectivity index (χ0v) is 21.7. The van der Waals surface area contributed by atoms with E-state index in [4.69, 9.17) is 9.63 Å². The van der Waals surface area contributed by atoms with Gasteiger partial charge in [-0.3, -0.25) is 13.9 Å². The molecule has 2 aromatic rings. The number of phosphoric acid groups is 1. The number of fused-ring (bicyclic) bond motifs is 1. The minimum Gasteiger partial charge on any atom is -0.379 e. The van der Waals surface area contributed by atoms with E-state index in [2.05, 4.69) is 45.4 Å². The summed E-state index contributed by atoms with van der Waals surface area (Å²) >= 11 is 0. The van der Waals surface area contributed by atoms with Crippen molar-refractivity contribution in [2.75, 3.05) is 52.6 Å². The Bertz CT molecular complexity index is 884. The van der Waals surface area contributed by atoms with Crippen LogP contribution in [0, 0.1) is 0 Å². The first-order chi connectivity index (χ1) is 17.0. The summed E-state index contributed by atoms with van der Waals surface area (Å²) in [5.74, 6) is 0. The molecule has 12 heteroatoms. The number of nitrogens with zero attached hydrogens (tertiary/aromatic N) is 5. The summed E-state index contributed by atoms with van der Waals surface area (Å²) in [5, 5.41) is 10.3. The maximum Gasteiger partial charge on any atom is 0.472 e. The van der Waals surface area contributed by atoms with Crippen LogP contribution in [-0.4, -0.2) is 89.9 Å². The number of rotatable bonds is 8. The number of para-hydroxylation sites is 2. The van der Waals surface area contributed by atoms with Crippen LogP contribution in [0.4, 0.5) is 0 Å². The molecule has 11 nitrogen and oxygen atoms in total. The highest BCUT2D eigenvalue weighted by atomic mass is 31.2. The number of ether oxygens (including phenoxy) is 1. The van der Waals surface area contributed by atoms with E-state index in [0.717, 1.165) is 50.4 Å². The minimum atomic E-state index is -3.69. The van der Waals surface area contributed by atoms with Gasteiger partial charge in [0.1, 0.15) is 11.0 Å². The number of H-pyrrole nitrogens is 1. The first kappa shape index (κ1) is 29.3. The van der Waals surface area contributed by atoms with Gasteiger partial charge >= 0.3 is 7.82 Å². The number of hydrogen-bond acceptors (Lipinski definition) is 9. The van der Waals surface area contributed by atoms with Crippen molar-refractivity contribution >= 4 is 24.9 Å². The van der Waals surface area contributed by atoms with Crippen molar-refractivity contribution in [3.63, 3.8) is 0 Å². The molecule has 4 rings (SSSR count). The van der Waals surface area contributed by atoms with Crippen molar-refractivity contribution in [1.29, 1.82) is 0 Å². The molecule has 1 saturated carbocycles. The molecular weight excluding hydrogens is 471 g/mol. The van der Waals surface area contributed by atoms with Crippen molar-refractivity contribution in [1.82, 2.24) is 20.3 Å². The number of benzene rings is 1. The van der Waals surface area contributed by atoms with Gasteiger partial charge in [-0.15, -0.1) is 0 Å². The van der Waals surface area contributed by atoms with Crippen LogP contribution in [0.2, 0.25) is 0 Å². The van der Waals surface area contributed by atoms with Crippen molar-refractivity contribution in [2.24, 2.45) is 9.98 Å². The van der Waals surface area contributed by atoms with Gasteiger partial charge in [0.25, 0.3) is 0 Å². The molecule has 0 spiro atoms. The quantitative estimate of drug-likeness (QED) is 0.403. The maximum atomic E-state index is 10.5. The van der Waals surface area contributed by atoms with Crippen LogP contribution in [0.3, 0.4) is 0 Å². The smallest absolute Gasteiger partial charge is 0.379 e. The Hall–Kier alpha value is -1.97. The van der Waals surface area contributed by atoms with Gasteiger partial charge in [-0.25, -0.2) is 14.5 Å². The summed E-state index contributed by atoms with van der Waals surface area (Å²) < 4.78 is 24.5. The number of morpholine rings is 1. The molecule has 0 radical (unpaired) electrons. The predicted octanol–water partition coefficient (Wildman–Crippen LogP) is 3.94. The molecule has 1 aliphatic carbocycles. The fourth-order valence-electron chi connectivity index (χ4n) is 3.55. The lowest BCUT2D eigenvalue weighted by Crippen LogP contribution is -2.37. The molecule has 1 saturated heterocycles. The summed E-state index contributed by atoms with van der Waals surface area (Å²) in [6.07, 6.45) is 6.48. The molecule has 0 unspecified atom stereocenters. The van der Waals surface area contributed by atoms with Crippen LogP contribution in [0.5, 0.6) is 0 Å². The van der Waals surface area contributed by atoms with E-state index in [0.29, 0.717) is 6.04 Å². The molecule has 0 atom stereocenters. The zero-order chi connectivity index (χ0) is 25.2. The Morgan fingerprint density at radius 2 is 1.71 bits per heavy atom. The van der Waals surface area contributed by atoms with E-state index >= 15 is 0 Å². The van der Waals surface area contributed by atoms with Crippen molar-refractivity contribution in [3.8, 4) is 0 Å². The van der Waals surface area contributed by atoms with E-state index in [-0.39, 0.29) is 13.2 Å². The average Bonchev–Trinajstić information content (AvgIpc) is 3.35. The van der Waals surface area contributed by atoms with Crippen molar-refractivity contribution in [3.05, 3.63) is 24.3 Å². The summed E-state index contributed by atoms with van der Waals surface area (Å²) in [6.45, 7) is 9.25. The van der Waals surface area contributed by atoms with Crippen LogP contribution in [0.25, 0.3) is 11.0 Å². The molecule has 1 aliphatic heterocycles. The van der Waals surface area contributed by atoms with Gasteiger partial charge in [-0.2, -0.15) is 15.4 Å². The third-order valence-electron chi connectivity index (χ3n) is 5.32. The Morgan fingerprint density at radius 1 is 1.11 bits per heavy atom. The molecule has 0 bridgehead atoms. The maximum absolute atomic E-state index is 10.5. The normalized spacial score (nSPS) is 16.9. The van der Waals surface area contributed by atoms with Crippen LogP contribution in [-0.2, 0) is 18.3 Å². The number of aromatic nitrogens is 3. The second kappa shape index (κ2) is 17.5. The van der Waals surface area contributed by atoms with E-state index in [1.165, 1.54) is 32.1 Å². The van der Waals surface area contributed by atoms with Gasteiger partial charge in [-0.1, -0.05) is 31.4 Å². The van der Waals surface area contributed by atoms with Gasteiger partial charge in [0.15, 0.2) is 0 Å². The number of phosphoric ester groups is 1. The lowest BCUT2D eigenvalue weighted by Gasteiger charge is -2.25. The SMILES string of the molecule is C(=NCCN1CCOCC1)=NC1CCCCC1.CCOP(=O)(O)OCC.c1ccc2n[nH]nc2c1. The summed E-state index contributed by atoms with van der Waals surface area (Å²) in [4.78, 5) is 19.7. The van der Waals surface area contributed by atoms with Gasteiger partial charge in [0.2, 0.25) is 0 Å². The van der Waals surface area contributed by atoms with Crippen LogP contribution >= 0.6 is 7.82 Å². The summed E-state index contributed by atoms with van der Waals surface area (Å²) in [6, 6.07) is 11.1. The second-order valence-electron chi connectivity index (χ2n) is 7.97. The van der Waals surface area contributed by atoms with E-state index in [9.17, 15) is 4.57 Å². The highest BCUT2D eigenvalue weighted by Gasteiger charge is 2.17. The lowest BCUT2D eigenvalue weighted by atomic mass is 9.96. The fourth-order valence-corrected chi connectivity index (χ4v) is 4.28. The molecule has 1 aromatic carbocycles. The van der Waals surface area contributed by atoms with Gasteiger partial charge < -0.3 is 9.63 Å². The van der Waals surface area contributed by atoms with Crippen molar-refractivity contribution < 1.29 is 23.2 Å². The Labute approximate surface area is 207 Å². The standard InChI is InChI=1S/C13H23N3O.C6H5N3.C4H11O4P/c1-2-4-13(5-3-1)15-12-14-6-7-16-8-10-17-11-9-16;1-2-4-6-5(3-1)7-9-8-6;1-3-7-9(5,6)8-4-2/h13H,1-11H2;1-4H,(H,7,8,9);3-4H2,1-2H3,(H,5,6). The van der Waals surface area contributed by atoms with Crippen LogP contribution in [0.15, 0.2) is 34.3 Å². The average molecular weight is 511 g/mol. The van der Waals surface area contributed by atoms with E-state index < -0.39 is 7.82 Å². The van der Waals surface area contributed by atoms with Gasteiger partial charge in [0, 0.05) is 19.6 Å². The molecule has 2 aliphatic rings. The third-order valence-corrected chi connectivity index (χ3v) is 6.49. The number of aliphatic imine (C=N–C) groups is 2. The van der Waals surface area contributed by atoms with Crippen LogP contribution < -0.4 is 0 Å². The molecule has 2 N–H and O–H groups in total. The molecule has 196 valence electrons. The largest absolute Gasteiger partial charge is 0.472 e. The topological polar surface area (TPSA) is 135 Å². The highest BCUT2D eigenvalue weighted by molar-refractivity contribution is 7.47. The fraction of sp³-hybridized carbons (Fsp3) is 0.696. The second-order valence-corrected chi connectivity index (χ2v) is 9.43. The minimum absolute atomic E-state index is 0.188. The lowest BCUT2D eigenvalue weighted by molar-refractivity contribution is 0.0395. The van der Waals surface area contributed by atoms with E-state index in [1.54, 1.807) is 13.8 Å². The monoisotopic (exact) mass is 510 g/mol. The first-order valence-electron chi connectivity index (χ1n) is 12.3. The summed E-state index contributed by atoms with van der Waals surface area (Å²) in [7, 11) is -3.69. The molecule has 35 heavy (non-hydrogen) atoms. The molecular formula is C23H39N6O5P. The zero-order valence-electron chi connectivity index (χ0n) is 20.8. The first-order valence-corrected chi connectivity index (χ1v) is 13.8. The highest BCUT2D eigenvalue weighted by Crippen LogP contribution is 2.42. The van der Waals surface area contributed by atoms with Crippen molar-refractivity contribution in [2.45, 2.75) is 52.0 Å². The van der Waals surface area contributed by atoms with Crippen LogP contribution in [0.1, 0.15) is 46.0 Å². The van der Waals surface area contributed by atoms with Gasteiger partial charge in [-0.05, 0) is 38.8 Å². The number of nitrogens with one attached hydrogen (secondary N) is 1. The number of aromatic amines is 1. The molecule has 1 aromatic heterocycles. The number of hydrogen-bond donors (Lipinski definition) is 2. The Balaban J connectivity index is 0.000000203. The predicted molar refractivity (Wildman–Crippen MR) is 136 cm³/mol. The third kappa shape index (κ3) is 13.1. The molecule has 2 fully saturated rings. The molecule has 0 amide bonds. The summed E-state index contributed by atoms with van der Waals surface area (Å²) in [5.41, 5.74) is 1.83. The van der Waals surface area contributed by atoms with Gasteiger partial charge in [0.05, 0.1) is 45.0 Å². The Kier molecular flexibility index (Phi) is 14.6.